The summed E-state index contributed by atoms with van der Waals surface area (Å²) in [5, 5.41) is 8.33. The van der Waals surface area contributed by atoms with E-state index in [2.05, 4.69) is 29.8 Å². The molecule has 3 N–H and O–H groups in total. The lowest BCUT2D eigenvalue weighted by Gasteiger charge is -2.12. The minimum Gasteiger partial charge on any atom is -0.380 e. The maximum absolute atomic E-state index is 11.9. The lowest BCUT2D eigenvalue weighted by Crippen LogP contribution is -2.32. The Labute approximate surface area is 144 Å². The first-order valence-electron chi connectivity index (χ1n) is 8.45. The monoisotopic (exact) mass is 335 g/mol. The van der Waals surface area contributed by atoms with Crippen molar-refractivity contribution < 1.29 is 14.3 Å². The van der Waals surface area contributed by atoms with Crippen LogP contribution in [-0.4, -0.2) is 31.7 Å². The van der Waals surface area contributed by atoms with Gasteiger partial charge in [0.15, 0.2) is 0 Å². The molecule has 1 aromatic rings. The zero-order valence-electron chi connectivity index (χ0n) is 15.1. The van der Waals surface area contributed by atoms with Crippen molar-refractivity contribution in [2.24, 2.45) is 5.92 Å². The third-order valence-corrected chi connectivity index (χ3v) is 3.46. The summed E-state index contributed by atoms with van der Waals surface area (Å²) in [6, 6.07) is 5.14. The van der Waals surface area contributed by atoms with Crippen LogP contribution in [0, 0.1) is 12.8 Å². The van der Waals surface area contributed by atoms with E-state index in [4.69, 9.17) is 4.74 Å². The molecule has 0 spiro atoms. The number of benzene rings is 1. The van der Waals surface area contributed by atoms with E-state index in [-0.39, 0.29) is 11.9 Å². The Kier molecular flexibility index (Phi) is 8.86. The molecule has 3 amide bonds. The van der Waals surface area contributed by atoms with Crippen molar-refractivity contribution in [2.45, 2.75) is 40.5 Å². The summed E-state index contributed by atoms with van der Waals surface area (Å²) >= 11 is 0. The molecule has 0 unspecified atom stereocenters. The van der Waals surface area contributed by atoms with Crippen LogP contribution >= 0.6 is 0 Å². The Morgan fingerprint density at radius 3 is 2.58 bits per heavy atom. The van der Waals surface area contributed by atoms with Crippen molar-refractivity contribution in [1.29, 1.82) is 0 Å². The Balaban J connectivity index is 2.40. The first kappa shape index (κ1) is 20.0. The highest BCUT2D eigenvalue weighted by molar-refractivity contribution is 5.94. The summed E-state index contributed by atoms with van der Waals surface area (Å²) in [6.07, 6.45) is 1.43. The van der Waals surface area contributed by atoms with E-state index in [1.165, 1.54) is 0 Å². The number of amides is 3. The molecule has 0 bridgehead atoms. The maximum Gasteiger partial charge on any atom is 0.319 e. The quantitative estimate of drug-likeness (QED) is 0.604. The second-order valence-corrected chi connectivity index (χ2v) is 6.11. The fourth-order valence-corrected chi connectivity index (χ4v) is 1.91. The molecular formula is C18H29N3O3. The smallest absolute Gasteiger partial charge is 0.319 e. The summed E-state index contributed by atoms with van der Waals surface area (Å²) in [4.78, 5) is 23.4. The van der Waals surface area contributed by atoms with Gasteiger partial charge in [-0.05, 0) is 37.0 Å². The molecule has 24 heavy (non-hydrogen) atoms. The molecule has 0 heterocycles. The summed E-state index contributed by atoms with van der Waals surface area (Å²) in [5.74, 6) is 0.553. The van der Waals surface area contributed by atoms with E-state index in [9.17, 15) is 9.59 Å². The van der Waals surface area contributed by atoms with Crippen molar-refractivity contribution in [1.82, 2.24) is 5.32 Å². The Morgan fingerprint density at radius 2 is 1.92 bits per heavy atom. The van der Waals surface area contributed by atoms with Gasteiger partial charge in [-0.1, -0.05) is 26.8 Å². The van der Waals surface area contributed by atoms with Crippen LogP contribution in [0.3, 0.4) is 0 Å². The largest absolute Gasteiger partial charge is 0.380 e. The van der Waals surface area contributed by atoms with Gasteiger partial charge in [0, 0.05) is 30.9 Å². The number of carbonyl (C=O) groups is 2. The van der Waals surface area contributed by atoms with Crippen LogP contribution in [0.15, 0.2) is 18.2 Å². The van der Waals surface area contributed by atoms with E-state index in [0.717, 1.165) is 12.0 Å². The molecule has 0 aliphatic rings. The third-order valence-electron chi connectivity index (χ3n) is 3.46. The predicted molar refractivity (Wildman–Crippen MR) is 97.4 cm³/mol. The van der Waals surface area contributed by atoms with Gasteiger partial charge in [0.25, 0.3) is 0 Å². The van der Waals surface area contributed by atoms with Gasteiger partial charge in [-0.25, -0.2) is 4.79 Å². The zero-order chi connectivity index (χ0) is 17.9. The molecule has 0 aromatic heterocycles. The third kappa shape index (κ3) is 7.97. The molecule has 134 valence electrons. The number of ether oxygens (including phenoxy) is 1. The van der Waals surface area contributed by atoms with Gasteiger partial charge in [0.05, 0.1) is 6.61 Å². The minimum atomic E-state index is -0.287. The van der Waals surface area contributed by atoms with Crippen LogP contribution in [0.1, 0.15) is 39.2 Å². The molecule has 0 fully saturated rings. The van der Waals surface area contributed by atoms with Crippen LogP contribution in [0.25, 0.3) is 0 Å². The first-order valence-corrected chi connectivity index (χ1v) is 8.45. The number of urea groups is 1. The standard InChI is InChI=1S/C18H29N3O3/c1-5-17(22)20-15-7-6-14(4)16(12-15)21-18(23)19-9-11-24-10-8-13(2)3/h6-7,12-13H,5,8-11H2,1-4H3,(H,20,22)(H2,19,21,23). The van der Waals surface area contributed by atoms with Crippen molar-refractivity contribution in [3.63, 3.8) is 0 Å². The number of rotatable bonds is 9. The van der Waals surface area contributed by atoms with Gasteiger partial charge in [-0.3, -0.25) is 4.79 Å². The van der Waals surface area contributed by atoms with Gasteiger partial charge in [-0.2, -0.15) is 0 Å². The van der Waals surface area contributed by atoms with Crippen molar-refractivity contribution in [3.05, 3.63) is 23.8 Å². The summed E-state index contributed by atoms with van der Waals surface area (Å²) in [6.45, 7) is 9.64. The highest BCUT2D eigenvalue weighted by Crippen LogP contribution is 2.20. The average Bonchev–Trinajstić information content (AvgIpc) is 2.53. The average molecular weight is 335 g/mol. The molecule has 0 saturated carbocycles. The zero-order valence-corrected chi connectivity index (χ0v) is 15.1. The first-order chi connectivity index (χ1) is 11.4. The molecule has 6 nitrogen and oxygen atoms in total. The fraction of sp³-hybridized carbons (Fsp3) is 0.556. The predicted octanol–water partition coefficient (Wildman–Crippen LogP) is 3.53. The van der Waals surface area contributed by atoms with E-state index >= 15 is 0 Å². The van der Waals surface area contributed by atoms with Crippen molar-refractivity contribution in [3.8, 4) is 0 Å². The molecule has 0 atom stereocenters. The highest BCUT2D eigenvalue weighted by Gasteiger charge is 2.06. The van der Waals surface area contributed by atoms with Gasteiger partial charge < -0.3 is 20.7 Å². The lowest BCUT2D eigenvalue weighted by atomic mass is 10.1. The fourth-order valence-electron chi connectivity index (χ4n) is 1.91. The molecule has 0 aliphatic carbocycles. The number of hydrogen-bond donors (Lipinski definition) is 3. The Morgan fingerprint density at radius 1 is 1.17 bits per heavy atom. The Bertz CT molecular complexity index is 544. The SMILES string of the molecule is CCC(=O)Nc1ccc(C)c(NC(=O)NCCOCCC(C)C)c1. The maximum atomic E-state index is 11.9. The van der Waals surface area contributed by atoms with Crippen LogP contribution in [-0.2, 0) is 9.53 Å². The van der Waals surface area contributed by atoms with Crippen LogP contribution in [0.5, 0.6) is 0 Å². The number of nitrogens with one attached hydrogen (secondary N) is 3. The summed E-state index contributed by atoms with van der Waals surface area (Å²) in [7, 11) is 0. The lowest BCUT2D eigenvalue weighted by molar-refractivity contribution is -0.115. The minimum absolute atomic E-state index is 0.0622. The molecule has 1 rings (SSSR count). The normalized spacial score (nSPS) is 10.5. The van der Waals surface area contributed by atoms with Crippen LogP contribution in [0.4, 0.5) is 16.2 Å². The van der Waals surface area contributed by atoms with E-state index in [1.54, 1.807) is 13.0 Å². The van der Waals surface area contributed by atoms with Crippen LogP contribution < -0.4 is 16.0 Å². The summed E-state index contributed by atoms with van der Waals surface area (Å²) < 4.78 is 5.45. The van der Waals surface area contributed by atoms with Gasteiger partial charge in [0.2, 0.25) is 5.91 Å². The second-order valence-electron chi connectivity index (χ2n) is 6.11. The molecule has 0 aliphatic heterocycles. The number of hydrogen-bond acceptors (Lipinski definition) is 3. The molecular weight excluding hydrogens is 306 g/mol. The topological polar surface area (TPSA) is 79.5 Å². The molecule has 6 heteroatoms. The van der Waals surface area contributed by atoms with Crippen LogP contribution in [0.2, 0.25) is 0 Å². The van der Waals surface area contributed by atoms with E-state index < -0.39 is 0 Å². The van der Waals surface area contributed by atoms with Crippen molar-refractivity contribution >= 4 is 23.3 Å². The molecule has 0 saturated heterocycles. The van der Waals surface area contributed by atoms with Gasteiger partial charge in [0.1, 0.15) is 0 Å². The molecule has 0 radical (unpaired) electrons. The van der Waals surface area contributed by atoms with Gasteiger partial charge >= 0.3 is 6.03 Å². The van der Waals surface area contributed by atoms with Crippen molar-refractivity contribution in [2.75, 3.05) is 30.4 Å². The van der Waals surface area contributed by atoms with E-state index in [1.807, 2.05) is 19.1 Å². The number of anilines is 2. The Hall–Kier alpha value is -2.08. The molecule has 1 aromatic carbocycles. The number of aryl methyl sites for hydroxylation is 1. The second kappa shape index (κ2) is 10.6. The number of carbonyl (C=O) groups excluding carboxylic acids is 2. The summed E-state index contributed by atoms with van der Waals surface area (Å²) in [5.41, 5.74) is 2.26. The highest BCUT2D eigenvalue weighted by atomic mass is 16.5. The van der Waals surface area contributed by atoms with Gasteiger partial charge in [-0.15, -0.1) is 0 Å². The van der Waals surface area contributed by atoms with E-state index in [0.29, 0.717) is 43.5 Å².